The van der Waals surface area contributed by atoms with Crippen LogP contribution < -0.4 is 10.6 Å². The van der Waals surface area contributed by atoms with E-state index in [2.05, 4.69) is 50.6 Å². The zero-order valence-electron chi connectivity index (χ0n) is 12.8. The van der Waals surface area contributed by atoms with Gasteiger partial charge in [-0.05, 0) is 18.9 Å². The second-order valence-electron chi connectivity index (χ2n) is 6.88. The molecule has 2 rings (SSSR count). The molecule has 3 nitrogen and oxygen atoms in total. The molecule has 0 spiro atoms. The van der Waals surface area contributed by atoms with Crippen molar-refractivity contribution in [2.24, 2.45) is 5.92 Å². The van der Waals surface area contributed by atoms with Crippen LogP contribution in [0.15, 0.2) is 5.38 Å². The molecule has 4 heteroatoms. The van der Waals surface area contributed by atoms with Gasteiger partial charge in [-0.2, -0.15) is 0 Å². The largest absolute Gasteiger partial charge is 0.312 e. The van der Waals surface area contributed by atoms with Crippen molar-refractivity contribution in [1.29, 1.82) is 0 Å². The maximum absolute atomic E-state index is 4.75. The minimum atomic E-state index is 0.157. The normalized spacial score (nSPS) is 24.3. The summed E-state index contributed by atoms with van der Waals surface area (Å²) < 4.78 is 0. The molecule has 0 bridgehead atoms. The van der Waals surface area contributed by atoms with E-state index in [0.29, 0.717) is 18.0 Å². The average Bonchev–Trinajstić information content (AvgIpc) is 2.94. The molecule has 1 aromatic heterocycles. The summed E-state index contributed by atoms with van der Waals surface area (Å²) in [6.07, 6.45) is 1.22. The highest BCUT2D eigenvalue weighted by atomic mass is 32.1. The van der Waals surface area contributed by atoms with E-state index in [-0.39, 0.29) is 5.41 Å². The Labute approximate surface area is 121 Å². The zero-order chi connectivity index (χ0) is 14.0. The Kier molecular flexibility index (Phi) is 4.64. The van der Waals surface area contributed by atoms with Gasteiger partial charge in [-0.25, -0.2) is 4.98 Å². The molecule has 0 amide bonds. The summed E-state index contributed by atoms with van der Waals surface area (Å²) in [5.41, 5.74) is 1.36. The quantitative estimate of drug-likeness (QED) is 0.891. The minimum Gasteiger partial charge on any atom is -0.312 e. The first-order valence-corrected chi connectivity index (χ1v) is 8.17. The van der Waals surface area contributed by atoms with Crippen molar-refractivity contribution in [2.75, 3.05) is 6.54 Å². The van der Waals surface area contributed by atoms with Crippen molar-refractivity contribution in [3.05, 3.63) is 16.1 Å². The van der Waals surface area contributed by atoms with Crippen LogP contribution in [-0.4, -0.2) is 23.6 Å². The standard InChI is InChI=1S/C15H27N3S/c1-10(2)14-11(6-7-16-14)17-8-13-18-12(9-19-13)15(3,4)5/h9-11,14,16-17H,6-8H2,1-5H3. The molecule has 2 heterocycles. The molecule has 1 fully saturated rings. The average molecular weight is 281 g/mol. The fourth-order valence-electron chi connectivity index (χ4n) is 2.61. The third-order valence-electron chi connectivity index (χ3n) is 3.82. The fraction of sp³-hybridized carbons (Fsp3) is 0.800. The van der Waals surface area contributed by atoms with E-state index in [1.54, 1.807) is 11.3 Å². The van der Waals surface area contributed by atoms with Crippen molar-refractivity contribution in [2.45, 2.75) is 65.1 Å². The summed E-state index contributed by atoms with van der Waals surface area (Å²) in [6.45, 7) is 13.3. The second kappa shape index (κ2) is 5.90. The number of nitrogens with one attached hydrogen (secondary N) is 2. The molecule has 2 unspecified atom stereocenters. The highest BCUT2D eigenvalue weighted by Gasteiger charge is 2.28. The van der Waals surface area contributed by atoms with Crippen molar-refractivity contribution < 1.29 is 0 Å². The highest BCUT2D eigenvalue weighted by Crippen LogP contribution is 2.24. The third kappa shape index (κ3) is 3.77. The monoisotopic (exact) mass is 281 g/mol. The van der Waals surface area contributed by atoms with E-state index in [9.17, 15) is 0 Å². The zero-order valence-corrected chi connectivity index (χ0v) is 13.6. The Morgan fingerprint density at radius 3 is 2.79 bits per heavy atom. The van der Waals surface area contributed by atoms with Crippen LogP contribution in [0, 0.1) is 5.92 Å². The highest BCUT2D eigenvalue weighted by molar-refractivity contribution is 7.09. The van der Waals surface area contributed by atoms with Gasteiger partial charge in [-0.15, -0.1) is 11.3 Å². The van der Waals surface area contributed by atoms with Gasteiger partial charge in [0.1, 0.15) is 5.01 Å². The molecular weight excluding hydrogens is 254 g/mol. The van der Waals surface area contributed by atoms with Crippen molar-refractivity contribution in [3.8, 4) is 0 Å². The van der Waals surface area contributed by atoms with Gasteiger partial charge in [0, 0.05) is 29.4 Å². The summed E-state index contributed by atoms with van der Waals surface area (Å²) in [5.74, 6) is 0.682. The van der Waals surface area contributed by atoms with Gasteiger partial charge >= 0.3 is 0 Å². The number of hydrogen-bond acceptors (Lipinski definition) is 4. The van der Waals surface area contributed by atoms with E-state index in [0.717, 1.165) is 13.1 Å². The Bertz CT molecular complexity index is 406. The van der Waals surface area contributed by atoms with Crippen LogP contribution >= 0.6 is 11.3 Å². The van der Waals surface area contributed by atoms with E-state index in [1.807, 2.05) is 0 Å². The molecule has 1 saturated heterocycles. The lowest BCUT2D eigenvalue weighted by molar-refractivity contribution is 0.365. The van der Waals surface area contributed by atoms with E-state index in [1.165, 1.54) is 17.1 Å². The maximum Gasteiger partial charge on any atom is 0.107 e. The number of nitrogens with zero attached hydrogens (tertiary/aromatic N) is 1. The Morgan fingerprint density at radius 1 is 1.47 bits per heavy atom. The van der Waals surface area contributed by atoms with E-state index in [4.69, 9.17) is 4.98 Å². The van der Waals surface area contributed by atoms with Crippen molar-refractivity contribution >= 4 is 11.3 Å². The summed E-state index contributed by atoms with van der Waals surface area (Å²) in [7, 11) is 0. The molecular formula is C15H27N3S. The molecule has 1 aliphatic rings. The first-order valence-electron chi connectivity index (χ1n) is 7.29. The summed E-state index contributed by atoms with van der Waals surface area (Å²) >= 11 is 1.78. The van der Waals surface area contributed by atoms with Gasteiger partial charge in [0.25, 0.3) is 0 Å². The van der Waals surface area contributed by atoms with Crippen LogP contribution in [0.1, 0.15) is 51.7 Å². The van der Waals surface area contributed by atoms with E-state index < -0.39 is 0 Å². The molecule has 0 saturated carbocycles. The summed E-state index contributed by atoms with van der Waals surface area (Å²) in [6, 6.07) is 1.18. The third-order valence-corrected chi connectivity index (χ3v) is 4.67. The number of aromatic nitrogens is 1. The Hall–Kier alpha value is -0.450. The Balaban J connectivity index is 1.90. The number of thiazole rings is 1. The SMILES string of the molecule is CC(C)C1NCCC1NCc1nc(C(C)(C)C)cs1. The summed E-state index contributed by atoms with van der Waals surface area (Å²) in [5, 5.41) is 10.7. The molecule has 19 heavy (non-hydrogen) atoms. The molecule has 1 aliphatic heterocycles. The number of hydrogen-bond donors (Lipinski definition) is 2. The molecule has 0 aliphatic carbocycles. The van der Waals surface area contributed by atoms with Gasteiger partial charge in [-0.1, -0.05) is 34.6 Å². The second-order valence-corrected chi connectivity index (χ2v) is 7.82. The van der Waals surface area contributed by atoms with Gasteiger partial charge < -0.3 is 10.6 Å². The lowest BCUT2D eigenvalue weighted by Gasteiger charge is -2.23. The summed E-state index contributed by atoms with van der Waals surface area (Å²) in [4.78, 5) is 4.75. The predicted octanol–water partition coefficient (Wildman–Crippen LogP) is 2.92. The van der Waals surface area contributed by atoms with Gasteiger partial charge in [0.15, 0.2) is 0 Å². The Morgan fingerprint density at radius 2 is 2.21 bits per heavy atom. The molecule has 108 valence electrons. The van der Waals surface area contributed by atoms with Crippen molar-refractivity contribution in [3.63, 3.8) is 0 Å². The lowest BCUT2D eigenvalue weighted by atomic mass is 9.93. The van der Waals surface area contributed by atoms with Crippen LogP contribution in [0.4, 0.5) is 0 Å². The topological polar surface area (TPSA) is 37.0 Å². The van der Waals surface area contributed by atoms with Crippen LogP contribution in [0.3, 0.4) is 0 Å². The lowest BCUT2D eigenvalue weighted by Crippen LogP contribution is -2.43. The van der Waals surface area contributed by atoms with Gasteiger partial charge in [0.2, 0.25) is 0 Å². The fourth-order valence-corrected chi connectivity index (χ4v) is 3.58. The molecule has 1 aromatic rings. The van der Waals surface area contributed by atoms with Crippen LogP contribution in [0.5, 0.6) is 0 Å². The van der Waals surface area contributed by atoms with Gasteiger partial charge in [0.05, 0.1) is 5.69 Å². The van der Waals surface area contributed by atoms with Crippen molar-refractivity contribution in [1.82, 2.24) is 15.6 Å². The smallest absolute Gasteiger partial charge is 0.107 e. The first-order chi connectivity index (χ1) is 8.88. The first kappa shape index (κ1) is 14.9. The predicted molar refractivity (Wildman–Crippen MR) is 82.7 cm³/mol. The molecule has 0 aromatic carbocycles. The number of rotatable bonds is 4. The van der Waals surface area contributed by atoms with Crippen LogP contribution in [0.2, 0.25) is 0 Å². The molecule has 2 atom stereocenters. The van der Waals surface area contributed by atoms with Gasteiger partial charge in [-0.3, -0.25) is 0 Å². The van der Waals surface area contributed by atoms with Crippen LogP contribution in [0.25, 0.3) is 0 Å². The minimum absolute atomic E-state index is 0.157. The molecule has 0 radical (unpaired) electrons. The van der Waals surface area contributed by atoms with E-state index >= 15 is 0 Å². The maximum atomic E-state index is 4.75. The molecule has 2 N–H and O–H groups in total. The van der Waals surface area contributed by atoms with Crippen LogP contribution in [-0.2, 0) is 12.0 Å².